The third kappa shape index (κ3) is 1.32. The van der Waals surface area contributed by atoms with Crippen molar-refractivity contribution in [2.75, 3.05) is 0 Å². The molecule has 0 aromatic carbocycles. The molecular weight excluding hydrogens is 108 g/mol. The topological polar surface area (TPSA) is 0 Å². The summed E-state index contributed by atoms with van der Waals surface area (Å²) >= 11 is 0. The van der Waals surface area contributed by atoms with E-state index in [1.54, 1.807) is 0 Å². The van der Waals surface area contributed by atoms with Gasteiger partial charge in [0.1, 0.15) is 0 Å². The van der Waals surface area contributed by atoms with Crippen molar-refractivity contribution in [3.8, 4) is 0 Å². The molecule has 0 N–H and O–H groups in total. The number of allylic oxidation sites excluding steroid dienone is 5. The van der Waals surface area contributed by atoms with Crippen molar-refractivity contribution < 1.29 is 0 Å². The van der Waals surface area contributed by atoms with Gasteiger partial charge in [-0.1, -0.05) is 30.4 Å². The molecule has 0 nitrogen and oxygen atoms in total. The SMILES string of the molecule is C=CC1=C/C(=C/C)CC1. The summed E-state index contributed by atoms with van der Waals surface area (Å²) in [4.78, 5) is 0. The standard InChI is InChI=1S/C9H12/c1-3-8-5-6-9(4-2)7-8/h3-4,7H,1,5-6H2,2H3/b9-4+. The molecule has 0 amide bonds. The fraction of sp³-hybridized carbons (Fsp3) is 0.333. The van der Waals surface area contributed by atoms with Gasteiger partial charge in [-0.25, -0.2) is 0 Å². The Morgan fingerprint density at radius 3 is 2.67 bits per heavy atom. The van der Waals surface area contributed by atoms with Gasteiger partial charge in [-0.05, 0) is 25.3 Å². The minimum atomic E-state index is 1.18. The van der Waals surface area contributed by atoms with Crippen LogP contribution < -0.4 is 0 Å². The number of hydrogen-bond donors (Lipinski definition) is 0. The zero-order chi connectivity index (χ0) is 6.69. The zero-order valence-corrected chi connectivity index (χ0v) is 5.85. The van der Waals surface area contributed by atoms with Crippen LogP contribution >= 0.6 is 0 Å². The summed E-state index contributed by atoms with van der Waals surface area (Å²) in [5.74, 6) is 0. The summed E-state index contributed by atoms with van der Waals surface area (Å²) in [5.41, 5.74) is 2.83. The lowest BCUT2D eigenvalue weighted by Gasteiger charge is -1.84. The van der Waals surface area contributed by atoms with Gasteiger partial charge in [0.2, 0.25) is 0 Å². The maximum absolute atomic E-state index is 3.72. The van der Waals surface area contributed by atoms with Crippen molar-refractivity contribution >= 4 is 0 Å². The van der Waals surface area contributed by atoms with Crippen LogP contribution in [-0.2, 0) is 0 Å². The van der Waals surface area contributed by atoms with Gasteiger partial charge in [0, 0.05) is 0 Å². The Kier molecular flexibility index (Phi) is 1.88. The van der Waals surface area contributed by atoms with E-state index in [2.05, 4.69) is 25.7 Å². The first-order valence-corrected chi connectivity index (χ1v) is 3.35. The fourth-order valence-electron chi connectivity index (χ4n) is 1.06. The molecule has 0 unspecified atom stereocenters. The molecule has 1 aliphatic carbocycles. The van der Waals surface area contributed by atoms with Gasteiger partial charge in [-0.2, -0.15) is 0 Å². The van der Waals surface area contributed by atoms with E-state index < -0.39 is 0 Å². The van der Waals surface area contributed by atoms with Crippen molar-refractivity contribution in [2.24, 2.45) is 0 Å². The molecule has 0 saturated heterocycles. The molecular formula is C9H12. The van der Waals surface area contributed by atoms with Crippen LogP contribution in [0.5, 0.6) is 0 Å². The van der Waals surface area contributed by atoms with Crippen molar-refractivity contribution in [3.63, 3.8) is 0 Å². The minimum absolute atomic E-state index is 1.18. The van der Waals surface area contributed by atoms with Crippen molar-refractivity contribution in [1.82, 2.24) is 0 Å². The average molecular weight is 120 g/mol. The summed E-state index contributed by atoms with van der Waals surface area (Å²) in [6, 6.07) is 0. The van der Waals surface area contributed by atoms with Gasteiger partial charge in [-0.3, -0.25) is 0 Å². The Morgan fingerprint density at radius 2 is 2.33 bits per heavy atom. The summed E-state index contributed by atoms with van der Waals surface area (Å²) in [5, 5.41) is 0. The van der Waals surface area contributed by atoms with E-state index in [1.807, 2.05) is 6.08 Å². The van der Waals surface area contributed by atoms with Crippen LogP contribution in [-0.4, -0.2) is 0 Å². The largest absolute Gasteiger partial charge is 0.0988 e. The third-order valence-corrected chi connectivity index (χ3v) is 1.71. The van der Waals surface area contributed by atoms with E-state index in [0.717, 1.165) is 0 Å². The molecule has 0 aliphatic heterocycles. The molecule has 0 aromatic rings. The Bertz CT molecular complexity index is 170. The maximum atomic E-state index is 3.72. The average Bonchev–Trinajstić information content (AvgIpc) is 2.34. The predicted octanol–water partition coefficient (Wildman–Crippen LogP) is 2.84. The van der Waals surface area contributed by atoms with Crippen LogP contribution in [0.1, 0.15) is 19.8 Å². The molecule has 0 spiro atoms. The summed E-state index contributed by atoms with van der Waals surface area (Å²) in [7, 11) is 0. The quantitative estimate of drug-likeness (QED) is 0.499. The van der Waals surface area contributed by atoms with Gasteiger partial charge in [0.15, 0.2) is 0 Å². The minimum Gasteiger partial charge on any atom is -0.0988 e. The molecule has 0 bridgehead atoms. The first-order valence-electron chi connectivity index (χ1n) is 3.35. The van der Waals surface area contributed by atoms with Crippen molar-refractivity contribution in [3.05, 3.63) is 36.0 Å². The molecule has 0 saturated carbocycles. The number of rotatable bonds is 1. The van der Waals surface area contributed by atoms with Gasteiger partial charge >= 0.3 is 0 Å². The molecule has 0 fully saturated rings. The highest BCUT2D eigenvalue weighted by Crippen LogP contribution is 2.23. The van der Waals surface area contributed by atoms with Gasteiger partial charge in [-0.15, -0.1) is 0 Å². The Hall–Kier alpha value is -0.780. The highest BCUT2D eigenvalue weighted by atomic mass is 14.1. The monoisotopic (exact) mass is 120 g/mol. The lowest BCUT2D eigenvalue weighted by molar-refractivity contribution is 1.03. The summed E-state index contributed by atoms with van der Waals surface area (Å²) < 4.78 is 0. The lowest BCUT2D eigenvalue weighted by Crippen LogP contribution is -1.65. The van der Waals surface area contributed by atoms with Crippen LogP contribution in [0.4, 0.5) is 0 Å². The van der Waals surface area contributed by atoms with E-state index in [0.29, 0.717) is 0 Å². The van der Waals surface area contributed by atoms with Gasteiger partial charge in [0.05, 0.1) is 0 Å². The smallest absolute Gasteiger partial charge is 0.0238 e. The second kappa shape index (κ2) is 2.67. The van der Waals surface area contributed by atoms with Crippen LogP contribution in [0.25, 0.3) is 0 Å². The van der Waals surface area contributed by atoms with Gasteiger partial charge < -0.3 is 0 Å². The molecule has 48 valence electrons. The second-order valence-electron chi connectivity index (χ2n) is 2.29. The predicted molar refractivity (Wildman–Crippen MR) is 41.3 cm³/mol. The van der Waals surface area contributed by atoms with Crippen LogP contribution in [0.15, 0.2) is 36.0 Å². The van der Waals surface area contributed by atoms with E-state index >= 15 is 0 Å². The summed E-state index contributed by atoms with van der Waals surface area (Å²) in [6.07, 6.45) is 8.71. The normalized spacial score (nSPS) is 22.3. The van der Waals surface area contributed by atoms with Crippen LogP contribution in [0, 0.1) is 0 Å². The molecule has 1 rings (SSSR count). The van der Waals surface area contributed by atoms with Gasteiger partial charge in [0.25, 0.3) is 0 Å². The lowest BCUT2D eigenvalue weighted by atomic mass is 10.2. The molecule has 1 aliphatic rings. The van der Waals surface area contributed by atoms with Crippen LogP contribution in [0.3, 0.4) is 0 Å². The second-order valence-corrected chi connectivity index (χ2v) is 2.29. The molecule has 0 aromatic heterocycles. The molecule has 0 heteroatoms. The van der Waals surface area contributed by atoms with E-state index in [4.69, 9.17) is 0 Å². The first kappa shape index (κ1) is 6.34. The number of hydrogen-bond acceptors (Lipinski definition) is 0. The van der Waals surface area contributed by atoms with Crippen molar-refractivity contribution in [2.45, 2.75) is 19.8 Å². The van der Waals surface area contributed by atoms with Crippen molar-refractivity contribution in [1.29, 1.82) is 0 Å². The fourth-order valence-corrected chi connectivity index (χ4v) is 1.06. The van der Waals surface area contributed by atoms with E-state index in [1.165, 1.54) is 24.0 Å². The van der Waals surface area contributed by atoms with E-state index in [9.17, 15) is 0 Å². The Morgan fingerprint density at radius 1 is 1.56 bits per heavy atom. The highest BCUT2D eigenvalue weighted by molar-refractivity contribution is 5.35. The Labute approximate surface area is 56.6 Å². The molecule has 0 heterocycles. The summed E-state index contributed by atoms with van der Waals surface area (Å²) in [6.45, 7) is 5.80. The first-order chi connectivity index (χ1) is 4.36. The molecule has 9 heavy (non-hydrogen) atoms. The highest BCUT2D eigenvalue weighted by Gasteiger charge is 2.03. The van der Waals surface area contributed by atoms with E-state index in [-0.39, 0.29) is 0 Å². The third-order valence-electron chi connectivity index (χ3n) is 1.71. The zero-order valence-electron chi connectivity index (χ0n) is 5.85. The van der Waals surface area contributed by atoms with Crippen LogP contribution in [0.2, 0.25) is 0 Å². The maximum Gasteiger partial charge on any atom is -0.0238 e. The molecule has 0 radical (unpaired) electrons. The molecule has 0 atom stereocenters. The Balaban J connectivity index is 2.71.